The second-order valence-electron chi connectivity index (χ2n) is 5.16. The SMILES string of the molecule is CCC1CCCCC1OCc1ccc(CN)cn1. The molecule has 1 heterocycles. The van der Waals surface area contributed by atoms with Gasteiger partial charge in [0.1, 0.15) is 0 Å². The molecule has 2 N–H and O–H groups in total. The van der Waals surface area contributed by atoms with E-state index < -0.39 is 0 Å². The molecule has 2 atom stereocenters. The van der Waals surface area contributed by atoms with Gasteiger partial charge in [-0.1, -0.05) is 32.3 Å². The van der Waals surface area contributed by atoms with Crippen molar-refractivity contribution in [3.8, 4) is 0 Å². The van der Waals surface area contributed by atoms with Crippen LogP contribution in [0.1, 0.15) is 50.3 Å². The minimum Gasteiger partial charge on any atom is -0.372 e. The third kappa shape index (κ3) is 3.53. The molecular formula is C15H24N2O. The van der Waals surface area contributed by atoms with Crippen LogP contribution in [-0.2, 0) is 17.9 Å². The quantitative estimate of drug-likeness (QED) is 0.871. The Morgan fingerprint density at radius 2 is 2.17 bits per heavy atom. The predicted octanol–water partition coefficient (Wildman–Crippen LogP) is 3.03. The first-order valence-corrected chi connectivity index (χ1v) is 7.09. The lowest BCUT2D eigenvalue weighted by molar-refractivity contribution is -0.0234. The van der Waals surface area contributed by atoms with Gasteiger partial charge in [0.25, 0.3) is 0 Å². The highest BCUT2D eigenvalue weighted by atomic mass is 16.5. The fourth-order valence-electron chi connectivity index (χ4n) is 2.71. The molecule has 0 aromatic carbocycles. The number of aromatic nitrogens is 1. The Morgan fingerprint density at radius 1 is 1.33 bits per heavy atom. The molecule has 2 unspecified atom stereocenters. The van der Waals surface area contributed by atoms with E-state index in [1.54, 1.807) is 0 Å². The molecule has 3 nitrogen and oxygen atoms in total. The zero-order chi connectivity index (χ0) is 12.8. The van der Waals surface area contributed by atoms with Gasteiger partial charge in [0.15, 0.2) is 0 Å². The maximum Gasteiger partial charge on any atom is 0.0891 e. The molecule has 100 valence electrons. The molecular weight excluding hydrogens is 224 g/mol. The highest BCUT2D eigenvalue weighted by molar-refractivity contribution is 5.13. The first kappa shape index (κ1) is 13.5. The number of hydrogen-bond donors (Lipinski definition) is 1. The topological polar surface area (TPSA) is 48.1 Å². The van der Waals surface area contributed by atoms with Gasteiger partial charge in [-0.05, 0) is 30.4 Å². The Morgan fingerprint density at radius 3 is 2.83 bits per heavy atom. The van der Waals surface area contributed by atoms with Crippen LogP contribution >= 0.6 is 0 Å². The number of nitrogens with zero attached hydrogens (tertiary/aromatic N) is 1. The molecule has 1 aliphatic rings. The summed E-state index contributed by atoms with van der Waals surface area (Å²) in [6.07, 6.45) is 8.70. The normalized spacial score (nSPS) is 24.1. The number of nitrogens with two attached hydrogens (primary N) is 1. The second kappa shape index (κ2) is 6.86. The third-order valence-electron chi connectivity index (χ3n) is 3.93. The van der Waals surface area contributed by atoms with Gasteiger partial charge >= 0.3 is 0 Å². The smallest absolute Gasteiger partial charge is 0.0891 e. The van der Waals surface area contributed by atoms with Crippen molar-refractivity contribution in [2.75, 3.05) is 0 Å². The number of ether oxygens (including phenoxy) is 1. The monoisotopic (exact) mass is 248 g/mol. The van der Waals surface area contributed by atoms with Crippen molar-refractivity contribution in [2.45, 2.75) is 58.3 Å². The molecule has 0 spiro atoms. The van der Waals surface area contributed by atoms with Gasteiger partial charge < -0.3 is 10.5 Å². The van der Waals surface area contributed by atoms with Crippen LogP contribution in [0, 0.1) is 5.92 Å². The van der Waals surface area contributed by atoms with Crippen LogP contribution in [-0.4, -0.2) is 11.1 Å². The van der Waals surface area contributed by atoms with Gasteiger partial charge in [0, 0.05) is 12.7 Å². The second-order valence-corrected chi connectivity index (χ2v) is 5.16. The van der Waals surface area contributed by atoms with Crippen molar-refractivity contribution in [3.05, 3.63) is 29.6 Å². The summed E-state index contributed by atoms with van der Waals surface area (Å²) >= 11 is 0. The van der Waals surface area contributed by atoms with Gasteiger partial charge in [0.2, 0.25) is 0 Å². The van der Waals surface area contributed by atoms with E-state index in [9.17, 15) is 0 Å². The van der Waals surface area contributed by atoms with Crippen molar-refractivity contribution >= 4 is 0 Å². The van der Waals surface area contributed by atoms with Gasteiger partial charge in [-0.25, -0.2) is 0 Å². The summed E-state index contributed by atoms with van der Waals surface area (Å²) in [7, 11) is 0. The maximum atomic E-state index is 6.05. The molecule has 0 aliphatic heterocycles. The average molecular weight is 248 g/mol. The lowest BCUT2D eigenvalue weighted by atomic mass is 9.85. The van der Waals surface area contributed by atoms with Crippen LogP contribution in [0.5, 0.6) is 0 Å². The molecule has 1 fully saturated rings. The van der Waals surface area contributed by atoms with Gasteiger partial charge in [-0.2, -0.15) is 0 Å². The minimum atomic E-state index is 0.430. The zero-order valence-electron chi connectivity index (χ0n) is 11.3. The Hall–Kier alpha value is -0.930. The van der Waals surface area contributed by atoms with Crippen LogP contribution in [0.25, 0.3) is 0 Å². The summed E-state index contributed by atoms with van der Waals surface area (Å²) in [6, 6.07) is 4.05. The first-order chi connectivity index (χ1) is 8.83. The van der Waals surface area contributed by atoms with E-state index in [1.807, 2.05) is 18.3 Å². The van der Waals surface area contributed by atoms with Gasteiger partial charge in [-0.15, -0.1) is 0 Å². The molecule has 0 bridgehead atoms. The molecule has 0 amide bonds. The van der Waals surface area contributed by atoms with Crippen molar-refractivity contribution in [3.63, 3.8) is 0 Å². The fraction of sp³-hybridized carbons (Fsp3) is 0.667. The molecule has 1 saturated carbocycles. The Bertz CT molecular complexity index is 350. The highest BCUT2D eigenvalue weighted by Gasteiger charge is 2.24. The van der Waals surface area contributed by atoms with Crippen LogP contribution < -0.4 is 5.73 Å². The van der Waals surface area contributed by atoms with Gasteiger partial charge in [-0.3, -0.25) is 4.98 Å². The van der Waals surface area contributed by atoms with E-state index in [1.165, 1.54) is 32.1 Å². The third-order valence-corrected chi connectivity index (χ3v) is 3.93. The first-order valence-electron chi connectivity index (χ1n) is 7.09. The number of pyridine rings is 1. The minimum absolute atomic E-state index is 0.430. The molecule has 0 radical (unpaired) electrons. The summed E-state index contributed by atoms with van der Waals surface area (Å²) in [6.45, 7) is 3.45. The predicted molar refractivity (Wildman–Crippen MR) is 73.0 cm³/mol. The largest absolute Gasteiger partial charge is 0.372 e. The molecule has 1 aromatic rings. The average Bonchev–Trinajstić information content (AvgIpc) is 2.46. The Labute approximate surface area is 110 Å². The van der Waals surface area contributed by atoms with E-state index in [-0.39, 0.29) is 0 Å². The summed E-state index contributed by atoms with van der Waals surface area (Å²) in [5, 5.41) is 0. The van der Waals surface area contributed by atoms with Crippen LogP contribution in [0.4, 0.5) is 0 Å². The van der Waals surface area contributed by atoms with E-state index >= 15 is 0 Å². The lowest BCUT2D eigenvalue weighted by Gasteiger charge is -2.30. The molecule has 2 rings (SSSR count). The van der Waals surface area contributed by atoms with E-state index in [0.717, 1.165) is 17.2 Å². The Balaban J connectivity index is 1.85. The summed E-state index contributed by atoms with van der Waals surface area (Å²) in [4.78, 5) is 4.38. The lowest BCUT2D eigenvalue weighted by Crippen LogP contribution is -2.27. The van der Waals surface area contributed by atoms with Crippen molar-refractivity contribution in [2.24, 2.45) is 11.7 Å². The van der Waals surface area contributed by atoms with E-state index in [4.69, 9.17) is 10.5 Å². The standard InChI is InChI=1S/C15H24N2O/c1-2-13-5-3-4-6-15(13)18-11-14-8-7-12(9-16)10-17-14/h7-8,10,13,15H,2-6,9,11,16H2,1H3. The number of rotatable bonds is 5. The highest BCUT2D eigenvalue weighted by Crippen LogP contribution is 2.29. The van der Waals surface area contributed by atoms with Crippen LogP contribution in [0.2, 0.25) is 0 Å². The van der Waals surface area contributed by atoms with Crippen molar-refractivity contribution in [1.29, 1.82) is 0 Å². The summed E-state index contributed by atoms with van der Waals surface area (Å²) < 4.78 is 6.05. The van der Waals surface area contributed by atoms with E-state index in [2.05, 4.69) is 11.9 Å². The van der Waals surface area contributed by atoms with Crippen LogP contribution in [0.15, 0.2) is 18.3 Å². The molecule has 18 heavy (non-hydrogen) atoms. The zero-order valence-corrected chi connectivity index (χ0v) is 11.3. The number of hydrogen-bond acceptors (Lipinski definition) is 3. The van der Waals surface area contributed by atoms with Crippen molar-refractivity contribution in [1.82, 2.24) is 4.98 Å². The summed E-state index contributed by atoms with van der Waals surface area (Å²) in [5.41, 5.74) is 7.63. The molecule has 0 saturated heterocycles. The van der Waals surface area contributed by atoms with Crippen molar-refractivity contribution < 1.29 is 4.74 Å². The van der Waals surface area contributed by atoms with Gasteiger partial charge in [0.05, 0.1) is 18.4 Å². The molecule has 1 aliphatic carbocycles. The Kier molecular flexibility index (Phi) is 5.14. The van der Waals surface area contributed by atoms with E-state index in [0.29, 0.717) is 19.3 Å². The van der Waals surface area contributed by atoms with Crippen LogP contribution in [0.3, 0.4) is 0 Å². The molecule has 1 aromatic heterocycles. The molecule has 3 heteroatoms. The summed E-state index contributed by atoms with van der Waals surface area (Å²) in [5.74, 6) is 0.738. The maximum absolute atomic E-state index is 6.05. The fourth-order valence-corrected chi connectivity index (χ4v) is 2.71.